The summed E-state index contributed by atoms with van der Waals surface area (Å²) in [7, 11) is 3.29. The van der Waals surface area contributed by atoms with Crippen molar-refractivity contribution in [3.8, 4) is 0 Å². The number of rotatable bonds is 39. The van der Waals surface area contributed by atoms with Crippen LogP contribution < -0.4 is 16.0 Å². The Hall–Kier alpha value is -4.25. The maximum Gasteiger partial charge on any atom is 0.306 e. The predicted molar refractivity (Wildman–Crippen MR) is 336 cm³/mol. The van der Waals surface area contributed by atoms with Gasteiger partial charge >= 0.3 is 17.9 Å². The SMILES string of the molecule is [C-]#[N+]C(C)(CCC(=O)OCCN1N=NC2CCC3C(CCC21)C3COC(=O)CCCOCCSSCCOC(=O)CC)CC(C)(C(=O)NCCOCCO[C@@H]1O[C@H](CO)C(O)[C@H](O)[C@H]1NC(C)=O)C(C)(C)C(C)(SC(=S)c1ccccc1)C(=O)NCCO. The molecule has 1 aromatic rings. The molecule has 1 aromatic carbocycles. The molecule has 7 N–H and O–H groups in total. The number of benzene rings is 1. The van der Waals surface area contributed by atoms with E-state index in [4.69, 9.17) is 51.9 Å². The van der Waals surface area contributed by atoms with Crippen molar-refractivity contribution >= 4 is 85.4 Å². The third-order valence-electron chi connectivity index (χ3n) is 17.4. The van der Waals surface area contributed by atoms with E-state index < -0.39 is 82.1 Å². The van der Waals surface area contributed by atoms with Crippen LogP contribution in [0.15, 0.2) is 40.7 Å². The van der Waals surface area contributed by atoms with Crippen LogP contribution in [0.2, 0.25) is 0 Å². The van der Waals surface area contributed by atoms with Crippen molar-refractivity contribution in [1.82, 2.24) is 21.0 Å². The molecule has 494 valence electrons. The molecular formula is C60H93N7O17S4. The van der Waals surface area contributed by atoms with E-state index >= 15 is 4.79 Å². The molecule has 2 aliphatic carbocycles. The quantitative estimate of drug-likeness (QED) is 0.0114. The number of aliphatic hydroxyl groups is 4. The van der Waals surface area contributed by atoms with Gasteiger partial charge in [0.2, 0.25) is 23.3 Å². The Balaban J connectivity index is 1.13. The first kappa shape index (κ1) is 74.5. The normalized spacial score (nSPS) is 25.1. The van der Waals surface area contributed by atoms with Gasteiger partial charge in [0.05, 0.1) is 80.9 Å². The van der Waals surface area contributed by atoms with E-state index in [1.54, 1.807) is 63.1 Å². The monoisotopic (exact) mass is 1310 g/mol. The fourth-order valence-electron chi connectivity index (χ4n) is 11.6. The number of carbonyl (C=O) groups is 6. The minimum atomic E-state index is -1.55. The first-order chi connectivity index (χ1) is 42.0. The lowest BCUT2D eigenvalue weighted by molar-refractivity contribution is -0.272. The number of amides is 3. The van der Waals surface area contributed by atoms with Crippen LogP contribution in [0.25, 0.3) is 4.85 Å². The number of nitrogens with one attached hydrogen (secondary N) is 3. The van der Waals surface area contributed by atoms with Gasteiger partial charge in [-0.1, -0.05) is 102 Å². The molecule has 9 unspecified atom stereocenters. The summed E-state index contributed by atoms with van der Waals surface area (Å²) in [5, 5.41) is 59.7. The zero-order chi connectivity index (χ0) is 64.5. The number of esters is 3. The van der Waals surface area contributed by atoms with Gasteiger partial charge in [0.1, 0.15) is 42.3 Å². The van der Waals surface area contributed by atoms with Crippen molar-refractivity contribution in [1.29, 1.82) is 0 Å². The first-order valence-corrected chi connectivity index (χ1v) is 34.1. The Bertz CT molecular complexity index is 2500. The van der Waals surface area contributed by atoms with E-state index in [1.165, 1.54) is 6.92 Å². The summed E-state index contributed by atoms with van der Waals surface area (Å²) in [5.41, 5.74) is -3.57. The molecule has 1 saturated heterocycles. The van der Waals surface area contributed by atoms with Crippen LogP contribution in [-0.2, 0) is 61.9 Å². The molecule has 24 nitrogen and oxygen atoms in total. The third kappa shape index (κ3) is 21.4. The summed E-state index contributed by atoms with van der Waals surface area (Å²) in [6.45, 7) is 21.1. The van der Waals surface area contributed by atoms with E-state index in [9.17, 15) is 44.4 Å². The second kappa shape index (κ2) is 36.7. The molecular weight excluding hydrogens is 1220 g/mol. The van der Waals surface area contributed by atoms with E-state index in [0.29, 0.717) is 79.7 Å². The molecule has 3 fully saturated rings. The Kier molecular flexibility index (Phi) is 31.1. The standard InChI is InChI=1S/C60H93N7O17S4/c1-9-47(71)81-33-35-87-86-34-32-78-27-13-16-48(72)83-37-43-41-17-19-44-45(20-18-42(41)43)67(66-65-44)25-29-80-49(73)21-22-58(5,61-8)38-59(6,57(3,4)60(7,56(77)62-23-26-68)88-54(85)40-14-11-10-12-15-40)55(76)63-24-28-79-30-31-82-53-50(64-39(2)70)52(75)51(74)46(36-69)84-53/h10-12,14-15,41-46,50-53,68-69,74-75H,9,13,16-38H2,1-7H3,(H,62,77)(H,63,76)(H,64,70)/t41?,42?,43?,44?,45?,46-,50-,51?,52-,53-,58?,59?,60?/m1/s1. The molecule has 0 spiro atoms. The maximum absolute atomic E-state index is 15.1. The molecule has 28 heteroatoms. The molecule has 2 heterocycles. The lowest BCUT2D eigenvalue weighted by atomic mass is 9.55. The largest absolute Gasteiger partial charge is 0.465 e. The van der Waals surface area contributed by atoms with Crippen LogP contribution in [0.3, 0.4) is 0 Å². The van der Waals surface area contributed by atoms with Crippen molar-refractivity contribution < 1.29 is 82.4 Å². The molecule has 0 bridgehead atoms. The van der Waals surface area contributed by atoms with Crippen LogP contribution in [0.1, 0.15) is 118 Å². The van der Waals surface area contributed by atoms with Crippen molar-refractivity contribution in [3.63, 3.8) is 0 Å². The highest BCUT2D eigenvalue weighted by molar-refractivity contribution is 8.76. The molecule has 0 radical (unpaired) electrons. The van der Waals surface area contributed by atoms with E-state index in [-0.39, 0.29) is 89.4 Å². The van der Waals surface area contributed by atoms with Gasteiger partial charge in [-0.15, -0.1) is 0 Å². The summed E-state index contributed by atoms with van der Waals surface area (Å²) in [6.07, 6.45) is -0.807. The number of nitrogens with zero attached hydrogens (tertiary/aromatic N) is 4. The van der Waals surface area contributed by atoms with Crippen LogP contribution in [0.4, 0.5) is 0 Å². The van der Waals surface area contributed by atoms with Crippen molar-refractivity contribution in [3.05, 3.63) is 47.3 Å². The first-order valence-electron chi connectivity index (χ1n) is 30.4. The summed E-state index contributed by atoms with van der Waals surface area (Å²) < 4.78 is 38.3. The summed E-state index contributed by atoms with van der Waals surface area (Å²) >= 11 is 7.05. The number of hydrogen-bond donors (Lipinski definition) is 7. The van der Waals surface area contributed by atoms with Crippen molar-refractivity contribution in [2.24, 2.45) is 38.9 Å². The third-order valence-corrected chi connectivity index (χ3v) is 21.8. The number of thioether (sulfide) groups is 1. The number of aliphatic hydroxyl groups excluding tert-OH is 4. The highest BCUT2D eigenvalue weighted by atomic mass is 33.1. The average Bonchev–Trinajstić information content (AvgIpc) is 0.880. The van der Waals surface area contributed by atoms with Crippen LogP contribution >= 0.6 is 45.6 Å². The van der Waals surface area contributed by atoms with E-state index in [2.05, 4.69) is 31.1 Å². The van der Waals surface area contributed by atoms with Crippen LogP contribution in [-0.4, -0.2) is 215 Å². The molecule has 88 heavy (non-hydrogen) atoms. The Morgan fingerprint density at radius 2 is 1.48 bits per heavy atom. The van der Waals surface area contributed by atoms with Gasteiger partial charge in [-0.25, -0.2) is 6.57 Å². The maximum atomic E-state index is 15.1. The smallest absolute Gasteiger partial charge is 0.306 e. The fourth-order valence-corrected chi connectivity index (χ4v) is 15.1. The lowest BCUT2D eigenvalue weighted by Crippen LogP contribution is -2.64. The van der Waals surface area contributed by atoms with Gasteiger partial charge in [-0.05, 0) is 69.3 Å². The topological polar surface area (TPSA) is 316 Å². The van der Waals surface area contributed by atoms with Gasteiger partial charge in [0.15, 0.2) is 6.29 Å². The Labute approximate surface area is 535 Å². The summed E-state index contributed by atoms with van der Waals surface area (Å²) in [4.78, 5) is 82.9. The van der Waals surface area contributed by atoms with Gasteiger partial charge in [-0.2, -0.15) is 5.11 Å². The molecule has 3 amide bonds. The highest BCUT2D eigenvalue weighted by Crippen LogP contribution is 2.58. The highest BCUT2D eigenvalue weighted by Gasteiger charge is 2.63. The number of ether oxygens (including phenoxy) is 7. The number of thiocarbonyl (C=S) groups is 1. The summed E-state index contributed by atoms with van der Waals surface area (Å²) in [5.74, 6) is 0.282. The number of carbonyl (C=O) groups excluding carboxylic acids is 6. The minimum Gasteiger partial charge on any atom is -0.465 e. The van der Waals surface area contributed by atoms with Crippen LogP contribution in [0, 0.1) is 35.2 Å². The second-order valence-electron chi connectivity index (χ2n) is 23.7. The second-order valence-corrected chi connectivity index (χ2v) is 28.5. The minimum absolute atomic E-state index is 0.00355. The average molecular weight is 1310 g/mol. The summed E-state index contributed by atoms with van der Waals surface area (Å²) in [6, 6.07) is 8.02. The van der Waals surface area contributed by atoms with Gasteiger partial charge in [0.25, 0.3) is 0 Å². The van der Waals surface area contributed by atoms with Gasteiger partial charge < -0.3 is 74.4 Å². The van der Waals surface area contributed by atoms with E-state index in [0.717, 1.165) is 49.0 Å². The Morgan fingerprint density at radius 1 is 0.807 bits per heavy atom. The number of hydrogen-bond acceptors (Lipinski definition) is 24. The molecule has 13 atom stereocenters. The van der Waals surface area contributed by atoms with Crippen LogP contribution in [0.5, 0.6) is 0 Å². The zero-order valence-electron chi connectivity index (χ0n) is 51.9. The number of fused-ring (bicyclic) bond motifs is 2. The van der Waals surface area contributed by atoms with Crippen molar-refractivity contribution in [2.45, 2.75) is 166 Å². The molecule has 2 saturated carbocycles. The molecule has 4 aliphatic rings. The lowest BCUT2D eigenvalue weighted by Gasteiger charge is -2.53. The molecule has 0 aromatic heterocycles. The van der Waals surface area contributed by atoms with Gasteiger partial charge in [0, 0.05) is 76.1 Å². The van der Waals surface area contributed by atoms with Gasteiger partial charge in [-0.3, -0.25) is 33.8 Å². The fraction of sp³-hybridized carbons (Fsp3) is 0.767. The molecule has 5 rings (SSSR count). The molecule has 2 aliphatic heterocycles. The predicted octanol–water partition coefficient (Wildman–Crippen LogP) is 5.01. The van der Waals surface area contributed by atoms with E-state index in [1.807, 2.05) is 35.3 Å². The zero-order valence-corrected chi connectivity index (χ0v) is 55.1. The van der Waals surface area contributed by atoms with Crippen molar-refractivity contribution in [2.75, 3.05) is 97.2 Å². The Morgan fingerprint density at radius 3 is 2.16 bits per heavy atom.